The maximum absolute atomic E-state index is 12.1. The van der Waals surface area contributed by atoms with E-state index in [1.54, 1.807) is 30.3 Å². The van der Waals surface area contributed by atoms with Gasteiger partial charge in [0.2, 0.25) is 0 Å². The van der Waals surface area contributed by atoms with Crippen LogP contribution in [0.5, 0.6) is 0 Å². The van der Waals surface area contributed by atoms with Crippen molar-refractivity contribution in [2.24, 2.45) is 0 Å². The highest BCUT2D eigenvalue weighted by Gasteiger charge is 2.13. The van der Waals surface area contributed by atoms with Gasteiger partial charge in [0.05, 0.1) is 6.42 Å². The fraction of sp³-hybridized carbons (Fsp3) is 0.250. The smallest absolute Gasteiger partial charge is 0.306 e. The number of aryl methyl sites for hydroxylation is 2. The molecule has 2 rings (SSSR count). The molecule has 0 aromatic heterocycles. The van der Waals surface area contributed by atoms with Crippen molar-refractivity contribution < 1.29 is 19.1 Å². The van der Waals surface area contributed by atoms with Crippen LogP contribution in [0, 0.1) is 13.8 Å². The van der Waals surface area contributed by atoms with Crippen LogP contribution in [-0.2, 0) is 9.53 Å². The quantitative estimate of drug-likeness (QED) is 0.545. The standard InChI is InChI=1S/C20H19ClO4/c1-13-3-4-16(11-14(13)2)18(22)9-10-20(24)25-12-19(23)15-5-7-17(21)8-6-15/h3-8,11H,9-10,12H2,1-2H3. The second-order valence-electron chi connectivity index (χ2n) is 5.81. The summed E-state index contributed by atoms with van der Waals surface area (Å²) in [5.74, 6) is -1.01. The van der Waals surface area contributed by atoms with E-state index in [1.165, 1.54) is 0 Å². The van der Waals surface area contributed by atoms with Gasteiger partial charge in [0, 0.05) is 22.6 Å². The van der Waals surface area contributed by atoms with E-state index < -0.39 is 5.97 Å². The van der Waals surface area contributed by atoms with E-state index in [9.17, 15) is 14.4 Å². The molecule has 0 spiro atoms. The van der Waals surface area contributed by atoms with Crippen LogP contribution >= 0.6 is 11.6 Å². The Morgan fingerprint density at radius 1 is 0.840 bits per heavy atom. The Bertz CT molecular complexity index is 794. The molecule has 0 bridgehead atoms. The number of rotatable bonds is 7. The zero-order valence-corrected chi connectivity index (χ0v) is 14.9. The molecule has 0 heterocycles. The lowest BCUT2D eigenvalue weighted by Gasteiger charge is -2.06. The largest absolute Gasteiger partial charge is 0.457 e. The van der Waals surface area contributed by atoms with Crippen LogP contribution < -0.4 is 0 Å². The van der Waals surface area contributed by atoms with E-state index in [1.807, 2.05) is 26.0 Å². The van der Waals surface area contributed by atoms with Gasteiger partial charge in [-0.05, 0) is 55.3 Å². The van der Waals surface area contributed by atoms with Crippen LogP contribution in [0.25, 0.3) is 0 Å². The Hall–Kier alpha value is -2.46. The minimum Gasteiger partial charge on any atom is -0.457 e. The molecule has 130 valence electrons. The van der Waals surface area contributed by atoms with Gasteiger partial charge in [-0.25, -0.2) is 0 Å². The third kappa shape index (κ3) is 5.54. The normalized spacial score (nSPS) is 10.4. The molecule has 0 aliphatic heterocycles. The monoisotopic (exact) mass is 358 g/mol. The molecule has 0 fully saturated rings. The number of esters is 1. The van der Waals surface area contributed by atoms with Gasteiger partial charge < -0.3 is 4.74 Å². The number of hydrogen-bond acceptors (Lipinski definition) is 4. The molecular formula is C20H19ClO4. The summed E-state index contributed by atoms with van der Waals surface area (Å²) in [6.07, 6.45) is -0.00384. The molecular weight excluding hydrogens is 340 g/mol. The molecule has 0 radical (unpaired) electrons. The van der Waals surface area contributed by atoms with Gasteiger partial charge in [0.15, 0.2) is 18.2 Å². The molecule has 0 unspecified atom stereocenters. The van der Waals surface area contributed by atoms with Crippen LogP contribution in [0.1, 0.15) is 44.7 Å². The predicted molar refractivity (Wildman–Crippen MR) is 96.2 cm³/mol. The number of ether oxygens (including phenoxy) is 1. The molecule has 2 aromatic rings. The first-order valence-electron chi connectivity index (χ1n) is 7.91. The van der Waals surface area contributed by atoms with Gasteiger partial charge in [-0.15, -0.1) is 0 Å². The summed E-state index contributed by atoms with van der Waals surface area (Å²) in [5.41, 5.74) is 3.13. The number of carbonyl (C=O) groups is 3. The van der Waals surface area contributed by atoms with Crippen molar-refractivity contribution in [3.05, 3.63) is 69.7 Å². The third-order valence-electron chi connectivity index (χ3n) is 3.92. The van der Waals surface area contributed by atoms with E-state index in [0.29, 0.717) is 16.1 Å². The van der Waals surface area contributed by atoms with Gasteiger partial charge in [0.1, 0.15) is 0 Å². The van der Waals surface area contributed by atoms with E-state index in [0.717, 1.165) is 11.1 Å². The Kier molecular flexibility index (Phi) is 6.48. The average Bonchev–Trinajstić information content (AvgIpc) is 2.60. The number of carbonyl (C=O) groups excluding carboxylic acids is 3. The maximum atomic E-state index is 12.1. The zero-order chi connectivity index (χ0) is 18.4. The summed E-state index contributed by atoms with van der Waals surface area (Å²) in [4.78, 5) is 35.8. The highest BCUT2D eigenvalue weighted by Crippen LogP contribution is 2.13. The molecule has 25 heavy (non-hydrogen) atoms. The van der Waals surface area contributed by atoms with Gasteiger partial charge in [-0.3, -0.25) is 14.4 Å². The Morgan fingerprint density at radius 2 is 1.48 bits per heavy atom. The van der Waals surface area contributed by atoms with Crippen molar-refractivity contribution in [2.75, 3.05) is 6.61 Å². The predicted octanol–water partition coefficient (Wildman–Crippen LogP) is 4.35. The van der Waals surface area contributed by atoms with Gasteiger partial charge in [0.25, 0.3) is 0 Å². The molecule has 0 saturated heterocycles. The molecule has 0 amide bonds. The van der Waals surface area contributed by atoms with E-state index in [4.69, 9.17) is 16.3 Å². The Balaban J connectivity index is 1.80. The molecule has 5 heteroatoms. The van der Waals surface area contributed by atoms with Crippen molar-refractivity contribution >= 4 is 29.1 Å². The molecule has 0 N–H and O–H groups in total. The summed E-state index contributed by atoms with van der Waals surface area (Å²) < 4.78 is 4.94. The topological polar surface area (TPSA) is 60.4 Å². The molecule has 0 aliphatic rings. The first-order valence-corrected chi connectivity index (χ1v) is 8.29. The van der Waals surface area contributed by atoms with Crippen molar-refractivity contribution in [2.45, 2.75) is 26.7 Å². The number of benzene rings is 2. The summed E-state index contributed by atoms with van der Waals surface area (Å²) in [6.45, 7) is 3.56. The molecule has 0 aliphatic carbocycles. The molecule has 0 atom stereocenters. The maximum Gasteiger partial charge on any atom is 0.306 e. The summed E-state index contributed by atoms with van der Waals surface area (Å²) in [6, 6.07) is 11.8. The van der Waals surface area contributed by atoms with Gasteiger partial charge >= 0.3 is 5.97 Å². The average molecular weight is 359 g/mol. The lowest BCUT2D eigenvalue weighted by atomic mass is 10.0. The van der Waals surface area contributed by atoms with Crippen molar-refractivity contribution in [1.82, 2.24) is 0 Å². The second kappa shape index (κ2) is 8.58. The fourth-order valence-corrected chi connectivity index (χ4v) is 2.34. The minimum atomic E-state index is -0.570. The molecule has 4 nitrogen and oxygen atoms in total. The highest BCUT2D eigenvalue weighted by atomic mass is 35.5. The highest BCUT2D eigenvalue weighted by molar-refractivity contribution is 6.30. The van der Waals surface area contributed by atoms with E-state index in [-0.39, 0.29) is 31.0 Å². The zero-order valence-electron chi connectivity index (χ0n) is 14.2. The minimum absolute atomic E-state index is 0.0521. The van der Waals surface area contributed by atoms with Crippen LogP contribution in [0.15, 0.2) is 42.5 Å². The Morgan fingerprint density at radius 3 is 2.12 bits per heavy atom. The first kappa shape index (κ1) is 18.9. The Labute approximate surface area is 151 Å². The van der Waals surface area contributed by atoms with Crippen LogP contribution in [0.3, 0.4) is 0 Å². The van der Waals surface area contributed by atoms with Gasteiger partial charge in [-0.2, -0.15) is 0 Å². The van der Waals surface area contributed by atoms with E-state index in [2.05, 4.69) is 0 Å². The summed E-state index contributed by atoms with van der Waals surface area (Å²) in [7, 11) is 0. The number of ketones is 2. The molecule has 0 saturated carbocycles. The lowest BCUT2D eigenvalue weighted by molar-refractivity contribution is -0.142. The van der Waals surface area contributed by atoms with Crippen molar-refractivity contribution in [3.8, 4) is 0 Å². The fourth-order valence-electron chi connectivity index (χ4n) is 2.21. The van der Waals surface area contributed by atoms with Crippen molar-refractivity contribution in [3.63, 3.8) is 0 Å². The lowest BCUT2D eigenvalue weighted by Crippen LogP contribution is -2.15. The first-order chi connectivity index (χ1) is 11.9. The van der Waals surface area contributed by atoms with Crippen LogP contribution in [-0.4, -0.2) is 24.1 Å². The third-order valence-corrected chi connectivity index (χ3v) is 4.17. The van der Waals surface area contributed by atoms with E-state index >= 15 is 0 Å². The SMILES string of the molecule is Cc1ccc(C(=O)CCC(=O)OCC(=O)c2ccc(Cl)cc2)cc1C. The van der Waals surface area contributed by atoms with Crippen LogP contribution in [0.2, 0.25) is 5.02 Å². The van der Waals surface area contributed by atoms with Crippen molar-refractivity contribution in [1.29, 1.82) is 0 Å². The van der Waals surface area contributed by atoms with Crippen LogP contribution in [0.4, 0.5) is 0 Å². The van der Waals surface area contributed by atoms with Gasteiger partial charge in [-0.1, -0.05) is 23.7 Å². The second-order valence-corrected chi connectivity index (χ2v) is 6.25. The number of hydrogen-bond donors (Lipinski definition) is 0. The number of halogens is 1. The summed E-state index contributed by atoms with van der Waals surface area (Å²) in [5, 5.41) is 0.526. The number of Topliss-reactive ketones (excluding diaryl/α,β-unsaturated/α-hetero) is 2. The molecule has 2 aromatic carbocycles. The summed E-state index contributed by atoms with van der Waals surface area (Å²) >= 11 is 5.76.